The van der Waals surface area contributed by atoms with Crippen molar-refractivity contribution in [2.75, 3.05) is 27.2 Å². The zero-order chi connectivity index (χ0) is 20.1. The molecular weight excluding hydrogens is 366 g/mol. The predicted octanol–water partition coefficient (Wildman–Crippen LogP) is 4.32. The maximum Gasteiger partial charge on any atom is 0.357 e. The fourth-order valence-electron chi connectivity index (χ4n) is 2.91. The molecule has 0 spiro atoms. The number of hydrogen-bond donors (Lipinski definition) is 1. The lowest BCUT2D eigenvalue weighted by atomic mass is 10.1. The molecule has 0 heterocycles. The van der Waals surface area contributed by atoms with Crippen molar-refractivity contribution in [3.63, 3.8) is 0 Å². The minimum Gasteiger partial charge on any atom is -0.427 e. The molecule has 0 aromatic heterocycles. The van der Waals surface area contributed by atoms with E-state index in [1.54, 1.807) is 12.1 Å². The topological polar surface area (TPSA) is 72.8 Å². The summed E-state index contributed by atoms with van der Waals surface area (Å²) in [6.45, 7) is 4.31. The zero-order valence-corrected chi connectivity index (χ0v) is 17.6. The van der Waals surface area contributed by atoms with Gasteiger partial charge in [0.1, 0.15) is 11.5 Å². The van der Waals surface area contributed by atoms with E-state index in [1.165, 1.54) is 50.7 Å². The van der Waals surface area contributed by atoms with Gasteiger partial charge in [-0.25, -0.2) is 0 Å². The monoisotopic (exact) mass is 400 g/mol. The summed E-state index contributed by atoms with van der Waals surface area (Å²) >= 11 is -2.36. The van der Waals surface area contributed by atoms with Crippen LogP contribution in [0.1, 0.15) is 58.3 Å². The highest BCUT2D eigenvalue weighted by Crippen LogP contribution is 2.19. The number of quaternary nitrogens is 1. The van der Waals surface area contributed by atoms with Crippen molar-refractivity contribution in [2.24, 2.45) is 0 Å². The molecule has 6 nitrogen and oxygen atoms in total. The van der Waals surface area contributed by atoms with Crippen molar-refractivity contribution < 1.29 is 27.0 Å². The van der Waals surface area contributed by atoms with Crippen molar-refractivity contribution in [1.29, 1.82) is 0 Å². The third kappa shape index (κ3) is 11.8. The number of carbonyl (C=O) groups excluding carboxylic acids is 1. The second-order valence-electron chi connectivity index (χ2n) is 7.50. The molecule has 1 aromatic carbocycles. The number of ether oxygens (including phenoxy) is 1. The molecule has 0 radical (unpaired) electrons. The Morgan fingerprint density at radius 2 is 1.52 bits per heavy atom. The first-order chi connectivity index (χ1) is 12.8. The van der Waals surface area contributed by atoms with E-state index < -0.39 is 11.4 Å². The Hall–Kier alpha value is -1.44. The molecule has 0 aliphatic heterocycles. The summed E-state index contributed by atoms with van der Waals surface area (Å²) in [5.74, 6) is 0.371. The molecule has 1 atom stereocenters. The van der Waals surface area contributed by atoms with E-state index in [-0.39, 0.29) is 11.7 Å². The molecule has 0 amide bonds. The standard InChI is InChI=1S/C20H33NO5S/c1-4-5-6-7-8-9-16-21(2,3)17-10-11-20(22)25-18-12-14-19(15-13-18)26-27(23)24/h12-15H,4-11,16-17H2,1-3H3/p+1. The van der Waals surface area contributed by atoms with E-state index in [2.05, 4.69) is 25.2 Å². The molecule has 1 unspecified atom stereocenters. The zero-order valence-electron chi connectivity index (χ0n) is 16.8. The lowest BCUT2D eigenvalue weighted by Gasteiger charge is -2.29. The van der Waals surface area contributed by atoms with Gasteiger partial charge in [0, 0.05) is 6.42 Å². The highest BCUT2D eigenvalue weighted by Gasteiger charge is 2.15. The van der Waals surface area contributed by atoms with E-state index in [4.69, 9.17) is 9.29 Å². The van der Waals surface area contributed by atoms with E-state index in [9.17, 15) is 9.00 Å². The number of esters is 1. The summed E-state index contributed by atoms with van der Waals surface area (Å²) in [6.07, 6.45) is 8.93. The van der Waals surface area contributed by atoms with Crippen LogP contribution < -0.4 is 8.92 Å². The van der Waals surface area contributed by atoms with Crippen molar-refractivity contribution in [1.82, 2.24) is 0 Å². The van der Waals surface area contributed by atoms with Crippen LogP contribution in [0.25, 0.3) is 0 Å². The van der Waals surface area contributed by atoms with Gasteiger partial charge in [-0.3, -0.25) is 9.35 Å². The maximum atomic E-state index is 12.0. The minimum absolute atomic E-state index is 0.240. The molecule has 1 rings (SSSR count). The lowest BCUT2D eigenvalue weighted by molar-refractivity contribution is -0.890. The summed E-state index contributed by atoms with van der Waals surface area (Å²) in [4.78, 5) is 12.0. The second-order valence-corrected chi connectivity index (χ2v) is 8.10. The van der Waals surface area contributed by atoms with Crippen molar-refractivity contribution in [3.8, 4) is 11.5 Å². The number of unbranched alkanes of at least 4 members (excludes halogenated alkanes) is 5. The summed E-state index contributed by atoms with van der Waals surface area (Å²) in [5.41, 5.74) is 0. The average Bonchev–Trinajstić information content (AvgIpc) is 2.59. The summed E-state index contributed by atoms with van der Waals surface area (Å²) in [5, 5.41) is 0. The first-order valence-corrected chi connectivity index (χ1v) is 10.8. The van der Waals surface area contributed by atoms with Gasteiger partial charge in [-0.05, 0) is 37.1 Å². The Kier molecular flexibility index (Phi) is 11.2. The second kappa shape index (κ2) is 12.9. The fourth-order valence-corrected chi connectivity index (χ4v) is 3.19. The van der Waals surface area contributed by atoms with Gasteiger partial charge in [-0.1, -0.05) is 32.6 Å². The Labute approximate surface area is 165 Å². The highest BCUT2D eigenvalue weighted by molar-refractivity contribution is 7.74. The Morgan fingerprint density at radius 1 is 0.963 bits per heavy atom. The molecule has 0 saturated heterocycles. The molecule has 27 heavy (non-hydrogen) atoms. The Bertz CT molecular complexity index is 574. The van der Waals surface area contributed by atoms with Crippen LogP contribution in [0.3, 0.4) is 0 Å². The van der Waals surface area contributed by atoms with Crippen LogP contribution in [0.2, 0.25) is 0 Å². The van der Waals surface area contributed by atoms with E-state index in [1.807, 2.05) is 0 Å². The SMILES string of the molecule is CCCCCCCC[N+](C)(C)CCCC(=O)Oc1ccc(OS(=O)O)cc1. The van der Waals surface area contributed by atoms with E-state index >= 15 is 0 Å². The lowest BCUT2D eigenvalue weighted by Crippen LogP contribution is -2.41. The highest BCUT2D eigenvalue weighted by atomic mass is 32.2. The molecule has 7 heteroatoms. The minimum atomic E-state index is -2.36. The third-order valence-corrected chi connectivity index (χ3v) is 4.82. The van der Waals surface area contributed by atoms with E-state index in [0.717, 1.165) is 24.0 Å². The van der Waals surface area contributed by atoms with Crippen LogP contribution in [0.4, 0.5) is 0 Å². The Morgan fingerprint density at radius 3 is 2.15 bits per heavy atom. The van der Waals surface area contributed by atoms with Crippen molar-refractivity contribution >= 4 is 17.3 Å². The predicted molar refractivity (Wildman–Crippen MR) is 108 cm³/mol. The quantitative estimate of drug-likeness (QED) is 0.165. The van der Waals surface area contributed by atoms with Gasteiger partial charge in [0.2, 0.25) is 0 Å². The van der Waals surface area contributed by atoms with Gasteiger partial charge in [0.15, 0.2) is 0 Å². The van der Waals surface area contributed by atoms with Crippen LogP contribution in [-0.2, 0) is 16.2 Å². The van der Waals surface area contributed by atoms with Crippen LogP contribution in [0.5, 0.6) is 11.5 Å². The molecule has 0 bridgehead atoms. The molecule has 0 aliphatic carbocycles. The fraction of sp³-hybridized carbons (Fsp3) is 0.650. The van der Waals surface area contributed by atoms with Crippen LogP contribution >= 0.6 is 0 Å². The molecule has 0 fully saturated rings. The maximum absolute atomic E-state index is 12.0. The molecule has 0 aliphatic rings. The van der Waals surface area contributed by atoms with Crippen LogP contribution in [0, 0.1) is 0 Å². The third-order valence-electron chi connectivity index (χ3n) is 4.48. The van der Waals surface area contributed by atoms with Crippen molar-refractivity contribution in [2.45, 2.75) is 58.3 Å². The van der Waals surface area contributed by atoms with Crippen LogP contribution in [0.15, 0.2) is 24.3 Å². The number of nitrogens with zero attached hydrogens (tertiary/aromatic N) is 1. The molecule has 1 N–H and O–H groups in total. The number of hydrogen-bond acceptors (Lipinski definition) is 4. The number of carbonyl (C=O) groups is 1. The molecule has 1 aromatic rings. The Balaban J connectivity index is 2.22. The van der Waals surface area contributed by atoms with Gasteiger partial charge >= 0.3 is 17.3 Å². The molecular formula is C20H34NO5S+. The van der Waals surface area contributed by atoms with Gasteiger partial charge in [-0.15, -0.1) is 0 Å². The number of rotatable bonds is 14. The summed E-state index contributed by atoms with van der Waals surface area (Å²) < 4.78 is 30.0. The van der Waals surface area contributed by atoms with Crippen LogP contribution in [-0.4, -0.2) is 46.4 Å². The normalized spacial score (nSPS) is 12.6. The molecule has 0 saturated carbocycles. The van der Waals surface area contributed by atoms with E-state index in [0.29, 0.717) is 12.2 Å². The average molecular weight is 401 g/mol. The first-order valence-electron chi connectivity index (χ1n) is 9.74. The van der Waals surface area contributed by atoms with Crippen molar-refractivity contribution in [3.05, 3.63) is 24.3 Å². The van der Waals surface area contributed by atoms with Gasteiger partial charge < -0.3 is 13.4 Å². The summed E-state index contributed by atoms with van der Waals surface area (Å²) in [6, 6.07) is 6.05. The number of benzene rings is 1. The van der Waals surface area contributed by atoms with Gasteiger partial charge in [0.05, 0.1) is 33.6 Å². The van der Waals surface area contributed by atoms with Gasteiger partial charge in [-0.2, -0.15) is 4.21 Å². The molecule has 154 valence electrons. The first kappa shape index (κ1) is 23.6. The van der Waals surface area contributed by atoms with Gasteiger partial charge in [0.25, 0.3) is 0 Å². The largest absolute Gasteiger partial charge is 0.427 e. The smallest absolute Gasteiger partial charge is 0.357 e. The summed E-state index contributed by atoms with van der Waals surface area (Å²) in [7, 11) is 4.42.